The number of rotatable bonds is 4. The summed E-state index contributed by atoms with van der Waals surface area (Å²) in [4.78, 5) is 12.3. The summed E-state index contributed by atoms with van der Waals surface area (Å²) >= 11 is 0. The van der Waals surface area contributed by atoms with E-state index in [1.807, 2.05) is 12.1 Å². The monoisotopic (exact) mass is 332 g/mol. The molecule has 0 amide bonds. The van der Waals surface area contributed by atoms with E-state index in [9.17, 15) is 4.79 Å². The molecule has 0 aliphatic heterocycles. The summed E-state index contributed by atoms with van der Waals surface area (Å²) in [6.07, 6.45) is 6.74. The molecule has 3 aromatic carbocycles. The number of esters is 1. The van der Waals surface area contributed by atoms with Crippen LogP contribution in [0.1, 0.15) is 44.1 Å². The van der Waals surface area contributed by atoms with Gasteiger partial charge in [-0.15, -0.1) is 0 Å². The summed E-state index contributed by atoms with van der Waals surface area (Å²) < 4.78 is 5.71. The molecule has 4 rings (SSSR count). The number of ether oxygens (including phenoxy) is 1. The Kier molecular flexibility index (Phi) is 4.69. The minimum absolute atomic E-state index is 0.0519. The fourth-order valence-corrected chi connectivity index (χ4v) is 4.10. The molecule has 2 nitrogen and oxygen atoms in total. The van der Waals surface area contributed by atoms with Gasteiger partial charge >= 0.3 is 5.97 Å². The molecule has 1 fully saturated rings. The maximum absolute atomic E-state index is 12.3. The smallest absolute Gasteiger partial charge is 0.306 e. The number of hydrogen-bond acceptors (Lipinski definition) is 2. The summed E-state index contributed by atoms with van der Waals surface area (Å²) in [5.41, 5.74) is 1.12. The number of carbonyl (C=O) groups is 1. The summed E-state index contributed by atoms with van der Waals surface area (Å²) in [7, 11) is 0. The van der Waals surface area contributed by atoms with E-state index in [0.717, 1.165) is 5.56 Å². The van der Waals surface area contributed by atoms with Crippen LogP contribution in [-0.2, 0) is 16.1 Å². The van der Waals surface area contributed by atoms with Gasteiger partial charge in [0, 0.05) is 12.0 Å². The topological polar surface area (TPSA) is 26.3 Å². The molecule has 1 aliphatic rings. The van der Waals surface area contributed by atoms with Crippen molar-refractivity contribution in [3.63, 3.8) is 0 Å². The molecule has 0 N–H and O–H groups in total. The van der Waals surface area contributed by atoms with E-state index in [4.69, 9.17) is 4.74 Å². The van der Waals surface area contributed by atoms with Crippen LogP contribution in [-0.4, -0.2) is 5.97 Å². The summed E-state index contributed by atoms with van der Waals surface area (Å²) in [5, 5.41) is 4.73. The SMILES string of the molecule is O=C(CC1CCCCC1)OCc1c2ccccc2cc2ccccc12. The molecule has 0 heterocycles. The minimum atomic E-state index is -0.0519. The Morgan fingerprint density at radius 2 is 1.48 bits per heavy atom. The maximum Gasteiger partial charge on any atom is 0.306 e. The highest BCUT2D eigenvalue weighted by molar-refractivity contribution is 6.02. The van der Waals surface area contributed by atoms with Crippen molar-refractivity contribution in [2.75, 3.05) is 0 Å². The standard InChI is InChI=1S/C23H24O2/c24-23(14-17-8-2-1-3-9-17)25-16-22-20-12-6-4-10-18(20)15-19-11-5-7-13-21(19)22/h4-7,10-13,15,17H,1-3,8-9,14,16H2. The molecule has 128 valence electrons. The zero-order valence-electron chi connectivity index (χ0n) is 14.5. The Morgan fingerprint density at radius 1 is 0.880 bits per heavy atom. The van der Waals surface area contributed by atoms with E-state index in [-0.39, 0.29) is 5.97 Å². The van der Waals surface area contributed by atoms with E-state index < -0.39 is 0 Å². The Balaban J connectivity index is 1.58. The van der Waals surface area contributed by atoms with Crippen molar-refractivity contribution in [3.8, 4) is 0 Å². The summed E-state index contributed by atoms with van der Waals surface area (Å²) in [6.45, 7) is 0.355. The highest BCUT2D eigenvalue weighted by Crippen LogP contribution is 2.30. The van der Waals surface area contributed by atoms with Gasteiger partial charge in [-0.1, -0.05) is 67.8 Å². The van der Waals surface area contributed by atoms with E-state index in [2.05, 4.69) is 42.5 Å². The van der Waals surface area contributed by atoms with E-state index in [1.54, 1.807) is 0 Å². The molecule has 1 saturated carbocycles. The summed E-state index contributed by atoms with van der Waals surface area (Å²) in [5.74, 6) is 0.467. The van der Waals surface area contributed by atoms with Crippen LogP contribution in [0.15, 0.2) is 54.6 Å². The van der Waals surface area contributed by atoms with Gasteiger partial charge in [0.05, 0.1) is 0 Å². The van der Waals surface area contributed by atoms with Crippen molar-refractivity contribution in [1.29, 1.82) is 0 Å². The third-order valence-corrected chi connectivity index (χ3v) is 5.44. The van der Waals surface area contributed by atoms with Crippen LogP contribution in [0.2, 0.25) is 0 Å². The van der Waals surface area contributed by atoms with Crippen LogP contribution in [0.25, 0.3) is 21.5 Å². The number of hydrogen-bond donors (Lipinski definition) is 0. The molecule has 25 heavy (non-hydrogen) atoms. The average Bonchev–Trinajstić information content (AvgIpc) is 2.66. The number of carbonyl (C=O) groups excluding carboxylic acids is 1. The molecule has 0 bridgehead atoms. The number of benzene rings is 3. The maximum atomic E-state index is 12.3. The van der Waals surface area contributed by atoms with Crippen LogP contribution in [0.3, 0.4) is 0 Å². The van der Waals surface area contributed by atoms with Crippen LogP contribution >= 0.6 is 0 Å². The first-order valence-electron chi connectivity index (χ1n) is 9.36. The van der Waals surface area contributed by atoms with E-state index in [0.29, 0.717) is 18.9 Å². The van der Waals surface area contributed by atoms with Gasteiger partial charge in [0.2, 0.25) is 0 Å². The third-order valence-electron chi connectivity index (χ3n) is 5.44. The first-order chi connectivity index (χ1) is 12.3. The van der Waals surface area contributed by atoms with Gasteiger partial charge in [-0.3, -0.25) is 4.79 Å². The molecule has 0 radical (unpaired) electrons. The van der Waals surface area contributed by atoms with Gasteiger partial charge in [-0.2, -0.15) is 0 Å². The zero-order valence-corrected chi connectivity index (χ0v) is 14.5. The number of fused-ring (bicyclic) bond motifs is 2. The van der Waals surface area contributed by atoms with Crippen molar-refractivity contribution in [2.24, 2.45) is 5.92 Å². The molecule has 0 spiro atoms. The molecular formula is C23H24O2. The van der Waals surface area contributed by atoms with Gasteiger partial charge in [-0.05, 0) is 46.4 Å². The molecule has 2 heteroatoms. The normalized spacial score (nSPS) is 15.5. The quantitative estimate of drug-likeness (QED) is 0.432. The van der Waals surface area contributed by atoms with Gasteiger partial charge in [-0.25, -0.2) is 0 Å². The van der Waals surface area contributed by atoms with Gasteiger partial charge in [0.1, 0.15) is 6.61 Å². The fourth-order valence-electron chi connectivity index (χ4n) is 4.10. The van der Waals surface area contributed by atoms with Crippen LogP contribution in [0.4, 0.5) is 0 Å². The lowest BCUT2D eigenvalue weighted by molar-refractivity contribution is -0.146. The molecule has 0 saturated heterocycles. The lowest BCUT2D eigenvalue weighted by Crippen LogP contribution is -2.14. The molecule has 0 atom stereocenters. The zero-order chi connectivity index (χ0) is 17.1. The minimum Gasteiger partial charge on any atom is -0.461 e. The van der Waals surface area contributed by atoms with Crippen LogP contribution in [0.5, 0.6) is 0 Å². The van der Waals surface area contributed by atoms with Gasteiger partial charge < -0.3 is 4.74 Å². The Morgan fingerprint density at radius 3 is 2.12 bits per heavy atom. The van der Waals surface area contributed by atoms with Crippen molar-refractivity contribution >= 4 is 27.5 Å². The van der Waals surface area contributed by atoms with Crippen molar-refractivity contribution in [3.05, 3.63) is 60.2 Å². The Hall–Kier alpha value is -2.35. The van der Waals surface area contributed by atoms with Crippen molar-refractivity contribution in [2.45, 2.75) is 45.1 Å². The second kappa shape index (κ2) is 7.26. The highest BCUT2D eigenvalue weighted by atomic mass is 16.5. The fraction of sp³-hybridized carbons (Fsp3) is 0.348. The first kappa shape index (κ1) is 16.1. The largest absolute Gasteiger partial charge is 0.461 e. The predicted octanol–water partition coefficient (Wildman–Crippen LogP) is 6.01. The molecule has 3 aromatic rings. The van der Waals surface area contributed by atoms with Gasteiger partial charge in [0.25, 0.3) is 0 Å². The van der Waals surface area contributed by atoms with E-state index >= 15 is 0 Å². The molecule has 1 aliphatic carbocycles. The van der Waals surface area contributed by atoms with Crippen LogP contribution in [0, 0.1) is 5.92 Å². The average molecular weight is 332 g/mol. The van der Waals surface area contributed by atoms with Crippen molar-refractivity contribution < 1.29 is 9.53 Å². The second-order valence-corrected chi connectivity index (χ2v) is 7.17. The first-order valence-corrected chi connectivity index (χ1v) is 9.36. The third kappa shape index (κ3) is 3.53. The molecule has 0 unspecified atom stereocenters. The van der Waals surface area contributed by atoms with Gasteiger partial charge in [0.15, 0.2) is 0 Å². The highest BCUT2D eigenvalue weighted by Gasteiger charge is 2.18. The summed E-state index contributed by atoms with van der Waals surface area (Å²) in [6, 6.07) is 18.9. The van der Waals surface area contributed by atoms with Crippen LogP contribution < -0.4 is 0 Å². The Bertz CT molecular complexity index is 837. The van der Waals surface area contributed by atoms with E-state index in [1.165, 1.54) is 53.6 Å². The lowest BCUT2D eigenvalue weighted by Gasteiger charge is -2.20. The van der Waals surface area contributed by atoms with Crippen molar-refractivity contribution in [1.82, 2.24) is 0 Å². The lowest BCUT2D eigenvalue weighted by atomic mass is 9.87. The second-order valence-electron chi connectivity index (χ2n) is 7.17. The predicted molar refractivity (Wildman–Crippen MR) is 102 cm³/mol. The molecule has 0 aromatic heterocycles. The molecular weight excluding hydrogens is 308 g/mol. The Labute approximate surface area is 148 Å².